The minimum atomic E-state index is -2.94. The van der Waals surface area contributed by atoms with Crippen molar-refractivity contribution in [3.05, 3.63) is 65.2 Å². The first-order chi connectivity index (χ1) is 15.9. The Labute approximate surface area is 196 Å². The van der Waals surface area contributed by atoms with Gasteiger partial charge in [-0.05, 0) is 69.0 Å². The molecular formula is C25H29F2NO6. The summed E-state index contributed by atoms with van der Waals surface area (Å²) in [6.45, 7) is 2.37. The fourth-order valence-corrected chi connectivity index (χ4v) is 4.08. The van der Waals surface area contributed by atoms with E-state index < -0.39 is 41.8 Å². The van der Waals surface area contributed by atoms with Crippen molar-refractivity contribution < 1.29 is 38.1 Å². The highest BCUT2D eigenvalue weighted by atomic mass is 19.3. The van der Waals surface area contributed by atoms with Crippen molar-refractivity contribution in [1.29, 1.82) is 0 Å². The number of rotatable bonds is 8. The predicted octanol–water partition coefficient (Wildman–Crippen LogP) is 4.09. The number of esters is 1. The molecule has 0 radical (unpaired) electrons. The minimum Gasteiger partial charge on any atom is -0.478 e. The first-order valence-electron chi connectivity index (χ1n) is 10.9. The predicted molar refractivity (Wildman–Crippen MR) is 120 cm³/mol. The van der Waals surface area contributed by atoms with E-state index >= 15 is 0 Å². The van der Waals surface area contributed by atoms with Crippen molar-refractivity contribution in [3.8, 4) is 5.75 Å². The summed E-state index contributed by atoms with van der Waals surface area (Å²) in [5.41, 5.74) is -0.475. The lowest BCUT2D eigenvalue weighted by molar-refractivity contribution is -0.163. The molecule has 1 fully saturated rings. The molecule has 0 bridgehead atoms. The van der Waals surface area contributed by atoms with Gasteiger partial charge in [0.25, 0.3) is 0 Å². The van der Waals surface area contributed by atoms with Crippen LogP contribution >= 0.6 is 0 Å². The molecule has 1 heterocycles. The Balaban J connectivity index is 1.81. The van der Waals surface area contributed by atoms with Gasteiger partial charge in [0.05, 0.1) is 11.7 Å². The summed E-state index contributed by atoms with van der Waals surface area (Å²) in [5, 5.41) is 23.3. The van der Waals surface area contributed by atoms with E-state index in [9.17, 15) is 23.5 Å². The summed E-state index contributed by atoms with van der Waals surface area (Å²) >= 11 is 0. The average molecular weight is 478 g/mol. The highest BCUT2D eigenvalue weighted by Crippen LogP contribution is 2.35. The van der Waals surface area contributed by atoms with E-state index in [1.807, 2.05) is 0 Å². The van der Waals surface area contributed by atoms with Gasteiger partial charge in [-0.25, -0.2) is 4.79 Å². The maximum atomic E-state index is 13.3. The van der Waals surface area contributed by atoms with Crippen LogP contribution in [0.1, 0.15) is 61.2 Å². The smallest absolute Gasteiger partial charge is 0.387 e. The van der Waals surface area contributed by atoms with E-state index in [0.717, 1.165) is 5.56 Å². The molecule has 2 aromatic rings. The Bertz CT molecular complexity index is 1000. The van der Waals surface area contributed by atoms with Crippen LogP contribution in [0, 0.1) is 0 Å². The molecule has 1 aliphatic heterocycles. The first-order valence-corrected chi connectivity index (χ1v) is 10.9. The van der Waals surface area contributed by atoms with Gasteiger partial charge < -0.3 is 19.7 Å². The Morgan fingerprint density at radius 1 is 1.12 bits per heavy atom. The number of halogens is 2. The van der Waals surface area contributed by atoms with Gasteiger partial charge in [-0.15, -0.1) is 0 Å². The van der Waals surface area contributed by atoms with Crippen LogP contribution in [-0.2, 0) is 16.0 Å². The standard InChI is InChI=1S/C25H29F2NO6/c1-24(2,3)34-22(32)25(14-15-4-6-17(7-5-15)21(30)31)13-12-19(28-25)20(29)16-8-10-18(11-9-16)33-23(26)27/h4-11,19-20,23,28-29H,12-14H2,1-3H3,(H,30,31)/t19-,20-,25+/m1/s1. The van der Waals surface area contributed by atoms with Crippen LogP contribution < -0.4 is 10.1 Å². The summed E-state index contributed by atoms with van der Waals surface area (Å²) in [4.78, 5) is 24.4. The number of benzene rings is 2. The number of carboxylic acids is 1. The lowest BCUT2D eigenvalue weighted by Gasteiger charge is -2.33. The molecule has 2 aromatic carbocycles. The maximum Gasteiger partial charge on any atom is 0.387 e. The second kappa shape index (κ2) is 10.1. The molecule has 0 aromatic heterocycles. The zero-order valence-electron chi connectivity index (χ0n) is 19.3. The maximum absolute atomic E-state index is 13.3. The van der Waals surface area contributed by atoms with Crippen LogP contribution in [0.3, 0.4) is 0 Å². The van der Waals surface area contributed by atoms with Gasteiger partial charge in [-0.3, -0.25) is 10.1 Å². The molecule has 3 atom stereocenters. The highest BCUT2D eigenvalue weighted by molar-refractivity contribution is 5.87. The number of carboxylic acid groups (broad SMARTS) is 1. The summed E-state index contributed by atoms with van der Waals surface area (Å²) in [5.74, 6) is -1.52. The van der Waals surface area contributed by atoms with Crippen LogP contribution in [0.2, 0.25) is 0 Å². The molecule has 3 N–H and O–H groups in total. The SMILES string of the molecule is CC(C)(C)OC(=O)[C@@]1(Cc2ccc(C(=O)O)cc2)CC[C@H]([C@H](O)c2ccc(OC(F)F)cc2)N1. The Morgan fingerprint density at radius 2 is 1.74 bits per heavy atom. The van der Waals surface area contributed by atoms with Crippen molar-refractivity contribution >= 4 is 11.9 Å². The van der Waals surface area contributed by atoms with Crippen molar-refractivity contribution in [3.63, 3.8) is 0 Å². The molecule has 0 spiro atoms. The summed E-state index contributed by atoms with van der Waals surface area (Å²) in [6, 6.07) is 11.5. The quantitative estimate of drug-likeness (QED) is 0.492. The van der Waals surface area contributed by atoms with Gasteiger partial charge in [0, 0.05) is 12.5 Å². The zero-order chi connectivity index (χ0) is 25.1. The van der Waals surface area contributed by atoms with Crippen LogP contribution in [-0.4, -0.2) is 45.9 Å². The third kappa shape index (κ3) is 6.30. The van der Waals surface area contributed by atoms with E-state index in [-0.39, 0.29) is 17.7 Å². The van der Waals surface area contributed by atoms with Crippen molar-refractivity contribution in [1.82, 2.24) is 5.32 Å². The van der Waals surface area contributed by atoms with Crippen LogP contribution in [0.15, 0.2) is 48.5 Å². The van der Waals surface area contributed by atoms with E-state index in [0.29, 0.717) is 18.4 Å². The Morgan fingerprint density at radius 3 is 2.26 bits per heavy atom. The van der Waals surface area contributed by atoms with Crippen LogP contribution in [0.25, 0.3) is 0 Å². The van der Waals surface area contributed by atoms with Gasteiger partial charge in [-0.2, -0.15) is 8.78 Å². The van der Waals surface area contributed by atoms with Gasteiger partial charge in [-0.1, -0.05) is 24.3 Å². The molecule has 7 nitrogen and oxygen atoms in total. The van der Waals surface area contributed by atoms with E-state index in [1.165, 1.54) is 36.4 Å². The highest BCUT2D eigenvalue weighted by Gasteiger charge is 2.49. The molecule has 0 unspecified atom stereocenters. The lowest BCUT2D eigenvalue weighted by atomic mass is 9.88. The number of alkyl halides is 2. The number of hydrogen-bond donors (Lipinski definition) is 3. The topological polar surface area (TPSA) is 105 Å². The van der Waals surface area contributed by atoms with Gasteiger partial charge in [0.15, 0.2) is 0 Å². The van der Waals surface area contributed by atoms with E-state index in [2.05, 4.69) is 10.1 Å². The first kappa shape index (κ1) is 25.6. The Hall–Kier alpha value is -3.04. The van der Waals surface area contributed by atoms with Crippen LogP contribution in [0.5, 0.6) is 5.75 Å². The van der Waals surface area contributed by atoms with Crippen molar-refractivity contribution in [2.24, 2.45) is 0 Å². The molecule has 3 rings (SSSR count). The second-order valence-electron chi connectivity index (χ2n) is 9.44. The number of ether oxygens (including phenoxy) is 2. The zero-order valence-corrected chi connectivity index (χ0v) is 19.3. The van der Waals surface area contributed by atoms with Crippen molar-refractivity contribution in [2.45, 2.75) is 69.9 Å². The molecule has 34 heavy (non-hydrogen) atoms. The molecule has 184 valence electrons. The molecule has 1 saturated heterocycles. The average Bonchev–Trinajstić information content (AvgIpc) is 3.18. The number of aliphatic hydroxyl groups excluding tert-OH is 1. The molecular weight excluding hydrogens is 448 g/mol. The Kier molecular flexibility index (Phi) is 7.57. The number of aliphatic hydroxyl groups is 1. The van der Waals surface area contributed by atoms with Crippen molar-refractivity contribution in [2.75, 3.05) is 0 Å². The molecule has 0 aliphatic carbocycles. The fraction of sp³-hybridized carbons (Fsp3) is 0.440. The fourth-order valence-electron chi connectivity index (χ4n) is 4.08. The van der Waals surface area contributed by atoms with Gasteiger partial charge in [0.2, 0.25) is 0 Å². The summed E-state index contributed by atoms with van der Waals surface area (Å²) in [7, 11) is 0. The number of aromatic carboxylic acids is 1. The van der Waals surface area contributed by atoms with E-state index in [1.54, 1.807) is 32.9 Å². The molecule has 1 aliphatic rings. The summed E-state index contributed by atoms with van der Waals surface area (Å²) in [6.07, 6.45) is 0.0886. The minimum absolute atomic E-state index is 0.0155. The number of carbonyl (C=O) groups is 2. The van der Waals surface area contributed by atoms with Gasteiger partial charge >= 0.3 is 18.6 Å². The monoisotopic (exact) mass is 477 g/mol. The van der Waals surface area contributed by atoms with E-state index in [4.69, 9.17) is 9.84 Å². The molecule has 0 amide bonds. The second-order valence-corrected chi connectivity index (χ2v) is 9.44. The normalized spacial score (nSPS) is 21.3. The largest absolute Gasteiger partial charge is 0.478 e. The number of carbonyl (C=O) groups excluding carboxylic acids is 1. The lowest BCUT2D eigenvalue weighted by Crippen LogP contribution is -2.55. The molecule has 0 saturated carbocycles. The third-order valence-electron chi connectivity index (χ3n) is 5.67. The third-order valence-corrected chi connectivity index (χ3v) is 5.67. The van der Waals surface area contributed by atoms with Gasteiger partial charge in [0.1, 0.15) is 16.9 Å². The number of nitrogens with one attached hydrogen (secondary N) is 1. The van der Waals surface area contributed by atoms with Crippen LogP contribution in [0.4, 0.5) is 8.78 Å². The number of hydrogen-bond acceptors (Lipinski definition) is 6. The summed E-state index contributed by atoms with van der Waals surface area (Å²) < 4.78 is 34.8. The molecule has 9 heteroatoms.